The molecule has 0 atom stereocenters. The summed E-state index contributed by atoms with van der Waals surface area (Å²) in [5.74, 6) is 0.677. The van der Waals surface area contributed by atoms with E-state index in [9.17, 15) is 4.79 Å². The van der Waals surface area contributed by atoms with Gasteiger partial charge in [-0.2, -0.15) is 0 Å². The molecule has 0 amide bonds. The Hall–Kier alpha value is -0.570. The summed E-state index contributed by atoms with van der Waals surface area (Å²) < 4.78 is 4.89. The van der Waals surface area contributed by atoms with Gasteiger partial charge in [-0.1, -0.05) is 27.2 Å². The van der Waals surface area contributed by atoms with Crippen molar-refractivity contribution in [3.63, 3.8) is 0 Å². The number of carbonyl (C=O) groups is 1. The van der Waals surface area contributed by atoms with E-state index in [1.54, 1.807) is 0 Å². The van der Waals surface area contributed by atoms with E-state index < -0.39 is 0 Å². The summed E-state index contributed by atoms with van der Waals surface area (Å²) >= 11 is 0. The van der Waals surface area contributed by atoms with Gasteiger partial charge in [0, 0.05) is 13.0 Å². The smallest absolute Gasteiger partial charge is 0.305 e. The van der Waals surface area contributed by atoms with Crippen LogP contribution in [0.15, 0.2) is 0 Å². The van der Waals surface area contributed by atoms with Gasteiger partial charge in [-0.05, 0) is 38.8 Å². The third-order valence-corrected chi connectivity index (χ3v) is 2.73. The Morgan fingerprint density at radius 2 is 1.88 bits per heavy atom. The molecule has 17 heavy (non-hydrogen) atoms. The Balaban J connectivity index is 3.45. The monoisotopic (exact) mass is 243 g/mol. The van der Waals surface area contributed by atoms with Crippen molar-refractivity contribution < 1.29 is 9.53 Å². The van der Waals surface area contributed by atoms with Gasteiger partial charge in [-0.15, -0.1) is 0 Å². The van der Waals surface area contributed by atoms with Crippen LogP contribution in [0.1, 0.15) is 53.4 Å². The van der Waals surface area contributed by atoms with E-state index in [0.717, 1.165) is 31.8 Å². The van der Waals surface area contributed by atoms with Crippen LogP contribution >= 0.6 is 0 Å². The largest absolute Gasteiger partial charge is 0.466 e. The van der Waals surface area contributed by atoms with E-state index in [1.807, 2.05) is 6.92 Å². The summed E-state index contributed by atoms with van der Waals surface area (Å²) in [6.45, 7) is 12.5. The highest BCUT2D eigenvalue weighted by Gasteiger charge is 2.05. The number of rotatable bonds is 10. The highest BCUT2D eigenvalue weighted by atomic mass is 16.5. The second kappa shape index (κ2) is 10.6. The highest BCUT2D eigenvalue weighted by molar-refractivity contribution is 5.69. The molecule has 0 saturated heterocycles. The zero-order chi connectivity index (χ0) is 13.1. The maximum atomic E-state index is 11.1. The maximum absolute atomic E-state index is 11.1. The van der Waals surface area contributed by atoms with Gasteiger partial charge in [0.05, 0.1) is 6.61 Å². The molecule has 0 spiro atoms. The summed E-state index contributed by atoms with van der Waals surface area (Å²) in [7, 11) is 0. The third-order valence-electron chi connectivity index (χ3n) is 2.73. The fraction of sp³-hybridized carbons (Fsp3) is 0.929. The van der Waals surface area contributed by atoms with Gasteiger partial charge in [0.25, 0.3) is 0 Å². The van der Waals surface area contributed by atoms with Crippen LogP contribution < -0.4 is 0 Å². The molecule has 0 aromatic rings. The van der Waals surface area contributed by atoms with Crippen LogP contribution in [0.2, 0.25) is 0 Å². The average molecular weight is 243 g/mol. The first kappa shape index (κ1) is 16.4. The number of unbranched alkanes of at least 4 members (excludes halogenated alkanes) is 2. The van der Waals surface area contributed by atoms with Crippen LogP contribution in [0.3, 0.4) is 0 Å². The Morgan fingerprint density at radius 3 is 2.41 bits per heavy atom. The molecule has 102 valence electrons. The fourth-order valence-corrected chi connectivity index (χ4v) is 1.91. The zero-order valence-electron chi connectivity index (χ0n) is 12.0. The van der Waals surface area contributed by atoms with Gasteiger partial charge < -0.3 is 9.64 Å². The third kappa shape index (κ3) is 10.3. The first-order valence-corrected chi connectivity index (χ1v) is 6.98. The van der Waals surface area contributed by atoms with E-state index in [1.165, 1.54) is 13.0 Å². The van der Waals surface area contributed by atoms with E-state index >= 15 is 0 Å². The Morgan fingerprint density at radius 1 is 1.18 bits per heavy atom. The minimum Gasteiger partial charge on any atom is -0.466 e. The van der Waals surface area contributed by atoms with E-state index in [4.69, 9.17) is 4.74 Å². The van der Waals surface area contributed by atoms with Crippen molar-refractivity contribution in [2.75, 3.05) is 26.2 Å². The molecule has 0 aromatic carbocycles. The van der Waals surface area contributed by atoms with Crippen molar-refractivity contribution in [1.29, 1.82) is 0 Å². The standard InChI is InChI=1S/C14H29NO2/c1-5-15(12-13(3)4)11-9-7-8-10-14(16)17-6-2/h13H,5-12H2,1-4H3. The fourth-order valence-electron chi connectivity index (χ4n) is 1.91. The Bertz CT molecular complexity index is 193. The molecule has 0 radical (unpaired) electrons. The SMILES string of the molecule is CCOC(=O)CCCCCN(CC)CC(C)C. The van der Waals surface area contributed by atoms with Crippen LogP contribution in [0.4, 0.5) is 0 Å². The van der Waals surface area contributed by atoms with E-state index in [0.29, 0.717) is 13.0 Å². The van der Waals surface area contributed by atoms with Crippen LogP contribution in [0, 0.1) is 5.92 Å². The van der Waals surface area contributed by atoms with Crippen molar-refractivity contribution in [1.82, 2.24) is 4.90 Å². The van der Waals surface area contributed by atoms with Crippen molar-refractivity contribution in [3.05, 3.63) is 0 Å². The average Bonchev–Trinajstić information content (AvgIpc) is 2.26. The zero-order valence-corrected chi connectivity index (χ0v) is 12.0. The highest BCUT2D eigenvalue weighted by Crippen LogP contribution is 2.05. The predicted molar refractivity (Wildman–Crippen MR) is 72.1 cm³/mol. The van der Waals surface area contributed by atoms with Crippen molar-refractivity contribution in [3.8, 4) is 0 Å². The van der Waals surface area contributed by atoms with Crippen LogP contribution in [-0.2, 0) is 9.53 Å². The topological polar surface area (TPSA) is 29.5 Å². The molecule has 0 aliphatic carbocycles. The first-order chi connectivity index (χ1) is 8.10. The lowest BCUT2D eigenvalue weighted by molar-refractivity contribution is -0.143. The van der Waals surface area contributed by atoms with Gasteiger partial charge in [-0.25, -0.2) is 0 Å². The molecule has 0 unspecified atom stereocenters. The molecule has 0 saturated carbocycles. The number of ether oxygens (including phenoxy) is 1. The lowest BCUT2D eigenvalue weighted by atomic mass is 10.1. The summed E-state index contributed by atoms with van der Waals surface area (Å²) in [4.78, 5) is 13.6. The van der Waals surface area contributed by atoms with Crippen LogP contribution in [0.25, 0.3) is 0 Å². The Kier molecular flexibility index (Phi) is 10.2. The molecule has 0 aliphatic rings. The second-order valence-electron chi connectivity index (χ2n) is 4.90. The molecule has 0 aromatic heterocycles. The second-order valence-corrected chi connectivity index (χ2v) is 4.90. The normalized spacial score (nSPS) is 11.2. The van der Waals surface area contributed by atoms with E-state index in [-0.39, 0.29) is 5.97 Å². The van der Waals surface area contributed by atoms with Gasteiger partial charge in [0.1, 0.15) is 0 Å². The predicted octanol–water partition coefficient (Wildman–Crippen LogP) is 3.09. The van der Waals surface area contributed by atoms with Gasteiger partial charge >= 0.3 is 5.97 Å². The molecular weight excluding hydrogens is 214 g/mol. The number of esters is 1. The molecule has 0 aliphatic heterocycles. The molecular formula is C14H29NO2. The summed E-state index contributed by atoms with van der Waals surface area (Å²) in [6, 6.07) is 0. The lowest BCUT2D eigenvalue weighted by Gasteiger charge is -2.22. The van der Waals surface area contributed by atoms with E-state index in [2.05, 4.69) is 25.7 Å². The minimum atomic E-state index is -0.0537. The number of carbonyl (C=O) groups excluding carboxylic acids is 1. The summed E-state index contributed by atoms with van der Waals surface area (Å²) in [5.41, 5.74) is 0. The van der Waals surface area contributed by atoms with Crippen molar-refractivity contribution >= 4 is 5.97 Å². The minimum absolute atomic E-state index is 0.0537. The number of hydrogen-bond acceptors (Lipinski definition) is 3. The van der Waals surface area contributed by atoms with Crippen LogP contribution in [-0.4, -0.2) is 37.1 Å². The molecule has 0 bridgehead atoms. The van der Waals surface area contributed by atoms with Gasteiger partial charge in [0.2, 0.25) is 0 Å². The van der Waals surface area contributed by atoms with Crippen molar-refractivity contribution in [2.24, 2.45) is 5.92 Å². The van der Waals surface area contributed by atoms with Gasteiger partial charge in [-0.3, -0.25) is 4.79 Å². The first-order valence-electron chi connectivity index (χ1n) is 6.98. The maximum Gasteiger partial charge on any atom is 0.305 e. The molecule has 3 nitrogen and oxygen atoms in total. The molecule has 0 N–H and O–H groups in total. The summed E-state index contributed by atoms with van der Waals surface area (Å²) in [5, 5.41) is 0. The number of hydrogen-bond donors (Lipinski definition) is 0. The quantitative estimate of drug-likeness (QED) is 0.436. The molecule has 3 heteroatoms. The lowest BCUT2D eigenvalue weighted by Crippen LogP contribution is -2.28. The Labute approximate surface area is 107 Å². The molecule has 0 fully saturated rings. The van der Waals surface area contributed by atoms with Crippen molar-refractivity contribution in [2.45, 2.75) is 53.4 Å². The summed E-state index contributed by atoms with van der Waals surface area (Å²) in [6.07, 6.45) is 3.83. The molecule has 0 rings (SSSR count). The van der Waals surface area contributed by atoms with Crippen LogP contribution in [0.5, 0.6) is 0 Å². The number of nitrogens with zero attached hydrogens (tertiary/aromatic N) is 1. The van der Waals surface area contributed by atoms with Gasteiger partial charge in [0.15, 0.2) is 0 Å². The molecule has 0 heterocycles.